The molecular weight excluding hydrogens is 254 g/mol. The van der Waals surface area contributed by atoms with Crippen molar-refractivity contribution >= 4 is 28.8 Å². The average molecular weight is 272 g/mol. The summed E-state index contributed by atoms with van der Waals surface area (Å²) in [5.74, 6) is 0.277. The highest BCUT2D eigenvalue weighted by Crippen LogP contribution is 2.39. The van der Waals surface area contributed by atoms with E-state index < -0.39 is 0 Å². The summed E-state index contributed by atoms with van der Waals surface area (Å²) in [6.45, 7) is 2.77. The van der Waals surface area contributed by atoms with Crippen LogP contribution in [-0.2, 0) is 11.3 Å². The lowest BCUT2D eigenvalue weighted by Crippen LogP contribution is -2.38. The van der Waals surface area contributed by atoms with Crippen LogP contribution in [0.1, 0.15) is 37.5 Å². The van der Waals surface area contributed by atoms with E-state index in [1.807, 2.05) is 24.1 Å². The van der Waals surface area contributed by atoms with E-state index in [1.54, 1.807) is 11.3 Å². The van der Waals surface area contributed by atoms with Gasteiger partial charge in [-0.25, -0.2) is 0 Å². The van der Waals surface area contributed by atoms with Crippen molar-refractivity contribution in [2.45, 2.75) is 39.2 Å². The summed E-state index contributed by atoms with van der Waals surface area (Å²) >= 11 is 7.44. The lowest BCUT2D eigenvalue weighted by molar-refractivity contribution is -0.140. The number of carbonyl (C=O) groups is 1. The summed E-state index contributed by atoms with van der Waals surface area (Å²) in [7, 11) is 1.89. The van der Waals surface area contributed by atoms with Gasteiger partial charge in [0.2, 0.25) is 5.91 Å². The minimum Gasteiger partial charge on any atom is -0.340 e. The van der Waals surface area contributed by atoms with Crippen molar-refractivity contribution < 1.29 is 4.79 Å². The first-order chi connectivity index (χ1) is 8.01. The Kier molecular flexibility index (Phi) is 3.79. The molecule has 17 heavy (non-hydrogen) atoms. The average Bonchev–Trinajstić information content (AvgIpc) is 2.88. The molecule has 2 rings (SSSR count). The van der Waals surface area contributed by atoms with E-state index in [0.717, 1.165) is 22.1 Å². The minimum atomic E-state index is -0.129. The van der Waals surface area contributed by atoms with E-state index in [9.17, 15) is 4.79 Å². The molecule has 0 N–H and O–H groups in total. The molecule has 0 aliphatic heterocycles. The van der Waals surface area contributed by atoms with Crippen molar-refractivity contribution in [2.24, 2.45) is 5.41 Å². The molecule has 0 aromatic carbocycles. The van der Waals surface area contributed by atoms with Crippen molar-refractivity contribution in [3.63, 3.8) is 0 Å². The quantitative estimate of drug-likeness (QED) is 0.815. The Labute approximate surface area is 112 Å². The summed E-state index contributed by atoms with van der Waals surface area (Å²) in [5, 5.41) is 0. The van der Waals surface area contributed by atoms with Gasteiger partial charge in [0.25, 0.3) is 0 Å². The van der Waals surface area contributed by atoms with Gasteiger partial charge in [-0.3, -0.25) is 4.79 Å². The molecule has 1 aromatic rings. The third kappa shape index (κ3) is 2.83. The first kappa shape index (κ1) is 12.9. The van der Waals surface area contributed by atoms with E-state index in [1.165, 1.54) is 12.8 Å². The second-order valence-electron chi connectivity index (χ2n) is 5.13. The summed E-state index contributed by atoms with van der Waals surface area (Å²) in [4.78, 5) is 15.4. The second kappa shape index (κ2) is 4.99. The molecule has 1 aliphatic carbocycles. The lowest BCUT2D eigenvalue weighted by Gasteiger charge is -2.28. The van der Waals surface area contributed by atoms with Crippen LogP contribution in [0.15, 0.2) is 12.1 Å². The zero-order valence-corrected chi connectivity index (χ0v) is 11.9. The molecule has 1 heterocycles. The van der Waals surface area contributed by atoms with Crippen LogP contribution in [0.5, 0.6) is 0 Å². The normalized spacial score (nSPS) is 18.3. The lowest BCUT2D eigenvalue weighted by atomic mass is 9.87. The van der Waals surface area contributed by atoms with Crippen molar-refractivity contribution in [3.8, 4) is 0 Å². The highest BCUT2D eigenvalue weighted by Gasteiger charge is 2.38. The standard InChI is InChI=1S/C13H18ClNOS/c1-13(7-3-4-8-13)12(16)15(2)9-10-5-6-11(14)17-10/h5-6H,3-4,7-9H2,1-2H3. The molecule has 0 radical (unpaired) electrons. The van der Waals surface area contributed by atoms with Gasteiger partial charge in [0.15, 0.2) is 0 Å². The zero-order valence-electron chi connectivity index (χ0n) is 10.3. The van der Waals surface area contributed by atoms with Crippen LogP contribution < -0.4 is 0 Å². The Hall–Kier alpha value is -0.540. The summed E-state index contributed by atoms with van der Waals surface area (Å²) in [6, 6.07) is 3.88. The molecule has 0 spiro atoms. The Balaban J connectivity index is 2.00. The van der Waals surface area contributed by atoms with Crippen LogP contribution in [0.25, 0.3) is 0 Å². The zero-order chi connectivity index (χ0) is 12.5. The predicted molar refractivity (Wildman–Crippen MR) is 72.4 cm³/mol. The molecule has 94 valence electrons. The molecule has 4 heteroatoms. The summed E-state index contributed by atoms with van der Waals surface area (Å²) in [5.41, 5.74) is -0.129. The number of thiophene rings is 1. The van der Waals surface area contributed by atoms with E-state index in [-0.39, 0.29) is 11.3 Å². The smallest absolute Gasteiger partial charge is 0.228 e. The van der Waals surface area contributed by atoms with Crippen LogP contribution in [-0.4, -0.2) is 17.9 Å². The number of hydrogen-bond donors (Lipinski definition) is 0. The van der Waals surface area contributed by atoms with Crippen molar-refractivity contribution in [2.75, 3.05) is 7.05 Å². The van der Waals surface area contributed by atoms with Gasteiger partial charge in [-0.2, -0.15) is 0 Å². The first-order valence-electron chi connectivity index (χ1n) is 6.01. The van der Waals surface area contributed by atoms with E-state index >= 15 is 0 Å². The van der Waals surface area contributed by atoms with Gasteiger partial charge in [0.1, 0.15) is 0 Å². The highest BCUT2D eigenvalue weighted by atomic mass is 35.5. The van der Waals surface area contributed by atoms with E-state index in [4.69, 9.17) is 11.6 Å². The third-order valence-electron chi connectivity index (χ3n) is 3.59. The molecule has 1 fully saturated rings. The third-order valence-corrected chi connectivity index (χ3v) is 4.81. The number of rotatable bonds is 3. The van der Waals surface area contributed by atoms with Crippen LogP contribution in [0.4, 0.5) is 0 Å². The van der Waals surface area contributed by atoms with E-state index in [2.05, 4.69) is 6.92 Å². The Morgan fingerprint density at radius 3 is 2.65 bits per heavy atom. The fourth-order valence-electron chi connectivity index (χ4n) is 2.57. The minimum absolute atomic E-state index is 0.129. The summed E-state index contributed by atoms with van der Waals surface area (Å²) in [6.07, 6.45) is 4.42. The van der Waals surface area contributed by atoms with Gasteiger partial charge in [-0.1, -0.05) is 31.4 Å². The predicted octanol–water partition coefficient (Wildman–Crippen LogP) is 3.94. The number of hydrogen-bond acceptors (Lipinski definition) is 2. The molecule has 1 saturated carbocycles. The maximum atomic E-state index is 12.4. The number of amides is 1. The SMILES string of the molecule is CN(Cc1ccc(Cl)s1)C(=O)C1(C)CCCC1. The molecule has 2 nitrogen and oxygen atoms in total. The van der Waals surface area contributed by atoms with Gasteiger partial charge in [-0.05, 0) is 25.0 Å². The van der Waals surface area contributed by atoms with Crippen LogP contribution in [0, 0.1) is 5.41 Å². The molecule has 0 unspecified atom stereocenters. The first-order valence-corrected chi connectivity index (χ1v) is 7.20. The van der Waals surface area contributed by atoms with Gasteiger partial charge in [0.05, 0.1) is 10.9 Å². The Morgan fingerprint density at radius 2 is 2.12 bits per heavy atom. The maximum Gasteiger partial charge on any atom is 0.228 e. The fourth-order valence-corrected chi connectivity index (χ4v) is 3.71. The molecule has 0 bridgehead atoms. The van der Waals surface area contributed by atoms with Crippen molar-refractivity contribution in [1.29, 1.82) is 0 Å². The molecule has 0 saturated heterocycles. The Bertz CT molecular complexity index is 409. The molecule has 1 aliphatic rings. The van der Waals surface area contributed by atoms with Crippen molar-refractivity contribution in [1.82, 2.24) is 4.90 Å². The monoisotopic (exact) mass is 271 g/mol. The van der Waals surface area contributed by atoms with Crippen LogP contribution in [0.2, 0.25) is 4.34 Å². The van der Waals surface area contributed by atoms with Gasteiger partial charge < -0.3 is 4.90 Å². The van der Waals surface area contributed by atoms with E-state index in [0.29, 0.717) is 6.54 Å². The Morgan fingerprint density at radius 1 is 1.47 bits per heavy atom. The molecular formula is C13H18ClNOS. The molecule has 1 amide bonds. The second-order valence-corrected chi connectivity index (χ2v) is 6.93. The largest absolute Gasteiger partial charge is 0.340 e. The molecule has 0 atom stereocenters. The van der Waals surface area contributed by atoms with Gasteiger partial charge >= 0.3 is 0 Å². The number of nitrogens with zero attached hydrogens (tertiary/aromatic N) is 1. The van der Waals surface area contributed by atoms with Gasteiger partial charge in [-0.15, -0.1) is 11.3 Å². The van der Waals surface area contributed by atoms with Crippen LogP contribution in [0.3, 0.4) is 0 Å². The topological polar surface area (TPSA) is 20.3 Å². The fraction of sp³-hybridized carbons (Fsp3) is 0.615. The number of carbonyl (C=O) groups excluding carboxylic acids is 1. The van der Waals surface area contributed by atoms with Gasteiger partial charge in [0, 0.05) is 17.3 Å². The maximum absolute atomic E-state index is 12.4. The van der Waals surface area contributed by atoms with Crippen molar-refractivity contribution in [3.05, 3.63) is 21.3 Å². The molecule has 1 aromatic heterocycles. The summed E-state index contributed by atoms with van der Waals surface area (Å²) < 4.78 is 0.785. The highest BCUT2D eigenvalue weighted by molar-refractivity contribution is 7.16. The van der Waals surface area contributed by atoms with Crippen LogP contribution >= 0.6 is 22.9 Å². The number of halogens is 1.